The van der Waals surface area contributed by atoms with E-state index in [0.29, 0.717) is 49.1 Å². The Morgan fingerprint density at radius 1 is 0.973 bits per heavy atom. The van der Waals surface area contributed by atoms with Crippen molar-refractivity contribution >= 4 is 23.2 Å². The van der Waals surface area contributed by atoms with Gasteiger partial charge >= 0.3 is 0 Å². The Bertz CT molecular complexity index is 1250. The Balaban J connectivity index is 1.69. The molecule has 0 atom stereocenters. The number of ether oxygens (including phenoxy) is 2. The fourth-order valence-electron chi connectivity index (χ4n) is 5.81. The van der Waals surface area contributed by atoms with E-state index in [4.69, 9.17) is 21.1 Å². The molecule has 1 heterocycles. The lowest BCUT2D eigenvalue weighted by atomic mass is 9.71. The van der Waals surface area contributed by atoms with Gasteiger partial charge in [0.05, 0.1) is 11.6 Å². The quantitative estimate of drug-likeness (QED) is 0.356. The Kier molecular flexibility index (Phi) is 7.52. The molecule has 5 nitrogen and oxygen atoms in total. The van der Waals surface area contributed by atoms with E-state index in [-0.39, 0.29) is 11.6 Å². The maximum atomic E-state index is 13.6. The zero-order valence-corrected chi connectivity index (χ0v) is 22.0. The number of ketones is 2. The van der Waals surface area contributed by atoms with Gasteiger partial charge in [0, 0.05) is 47.8 Å². The number of hydrogen-bond acceptors (Lipinski definition) is 5. The van der Waals surface area contributed by atoms with Crippen molar-refractivity contribution in [1.82, 2.24) is 4.90 Å². The van der Waals surface area contributed by atoms with Crippen molar-refractivity contribution in [1.29, 1.82) is 0 Å². The minimum absolute atomic E-state index is 0.107. The molecule has 0 aromatic heterocycles. The molecule has 0 fully saturated rings. The van der Waals surface area contributed by atoms with Crippen molar-refractivity contribution in [2.75, 3.05) is 13.2 Å². The molecule has 0 unspecified atom stereocenters. The molecule has 0 amide bonds. The van der Waals surface area contributed by atoms with E-state index in [0.717, 1.165) is 59.4 Å². The first-order valence-corrected chi connectivity index (χ1v) is 13.4. The number of benzene rings is 2. The first kappa shape index (κ1) is 25.3. The van der Waals surface area contributed by atoms with Gasteiger partial charge in [0.2, 0.25) is 0 Å². The first-order chi connectivity index (χ1) is 18.0. The molecule has 5 rings (SSSR count). The zero-order chi connectivity index (χ0) is 25.9. The van der Waals surface area contributed by atoms with Crippen LogP contribution in [0, 0.1) is 0 Å². The summed E-state index contributed by atoms with van der Waals surface area (Å²) in [6.45, 7) is 6.98. The second-order valence-corrected chi connectivity index (χ2v) is 10.0. The number of halogens is 1. The Morgan fingerprint density at radius 3 is 2.22 bits per heavy atom. The summed E-state index contributed by atoms with van der Waals surface area (Å²) in [5.41, 5.74) is 5.49. The van der Waals surface area contributed by atoms with Crippen molar-refractivity contribution in [3.8, 4) is 11.5 Å². The van der Waals surface area contributed by atoms with Crippen molar-refractivity contribution < 1.29 is 19.1 Å². The molecule has 37 heavy (non-hydrogen) atoms. The number of hydrogen-bond donors (Lipinski definition) is 0. The SMILES string of the molecule is C=CCOc1c(Cl)cc(C2C3=C(CCCC3=O)N(Cc3ccccc3)C3=C2C(=O)CCC3)cc1OCC. The largest absolute Gasteiger partial charge is 0.490 e. The second-order valence-electron chi connectivity index (χ2n) is 9.64. The van der Waals surface area contributed by atoms with Crippen molar-refractivity contribution in [3.05, 3.63) is 93.8 Å². The Labute approximate surface area is 223 Å². The predicted molar refractivity (Wildman–Crippen MR) is 145 cm³/mol. The van der Waals surface area contributed by atoms with E-state index < -0.39 is 5.92 Å². The van der Waals surface area contributed by atoms with Gasteiger partial charge in [-0.2, -0.15) is 0 Å². The van der Waals surface area contributed by atoms with Crippen LogP contribution in [0.4, 0.5) is 0 Å². The average Bonchev–Trinajstić information content (AvgIpc) is 2.89. The predicted octanol–water partition coefficient (Wildman–Crippen LogP) is 6.92. The van der Waals surface area contributed by atoms with Gasteiger partial charge in [-0.15, -0.1) is 0 Å². The number of rotatable bonds is 8. The van der Waals surface area contributed by atoms with E-state index in [2.05, 4.69) is 23.6 Å². The average molecular weight is 518 g/mol. The van der Waals surface area contributed by atoms with E-state index >= 15 is 0 Å². The highest BCUT2D eigenvalue weighted by Crippen LogP contribution is 2.51. The van der Waals surface area contributed by atoms with Crippen LogP contribution in [0.3, 0.4) is 0 Å². The normalized spacial score (nSPS) is 18.1. The molecule has 0 N–H and O–H groups in total. The summed E-state index contributed by atoms with van der Waals surface area (Å²) in [6.07, 6.45) is 5.86. The molecule has 1 aliphatic heterocycles. The van der Waals surface area contributed by atoms with Crippen LogP contribution in [0.25, 0.3) is 0 Å². The Morgan fingerprint density at radius 2 is 1.62 bits per heavy atom. The van der Waals surface area contributed by atoms with Gasteiger partial charge in [-0.05, 0) is 55.9 Å². The lowest BCUT2D eigenvalue weighted by Gasteiger charge is -2.44. The summed E-state index contributed by atoms with van der Waals surface area (Å²) >= 11 is 6.73. The third kappa shape index (κ3) is 4.85. The van der Waals surface area contributed by atoms with Crippen LogP contribution in [-0.4, -0.2) is 29.7 Å². The van der Waals surface area contributed by atoms with Crippen LogP contribution in [-0.2, 0) is 16.1 Å². The topological polar surface area (TPSA) is 55.8 Å². The van der Waals surface area contributed by atoms with Crippen molar-refractivity contribution in [2.24, 2.45) is 0 Å². The lowest BCUT2D eigenvalue weighted by molar-refractivity contribution is -0.117. The molecule has 3 aliphatic rings. The maximum absolute atomic E-state index is 13.6. The van der Waals surface area contributed by atoms with Crippen molar-refractivity contribution in [2.45, 2.75) is 57.9 Å². The van der Waals surface area contributed by atoms with E-state index in [9.17, 15) is 9.59 Å². The van der Waals surface area contributed by atoms with Gasteiger partial charge in [0.15, 0.2) is 23.1 Å². The molecule has 192 valence electrons. The van der Waals surface area contributed by atoms with E-state index in [1.54, 1.807) is 6.08 Å². The van der Waals surface area contributed by atoms with Crippen LogP contribution < -0.4 is 9.47 Å². The molecule has 6 heteroatoms. The summed E-state index contributed by atoms with van der Waals surface area (Å²) in [7, 11) is 0. The van der Waals surface area contributed by atoms with Crippen LogP contribution in [0.2, 0.25) is 5.02 Å². The molecule has 2 aliphatic carbocycles. The minimum atomic E-state index is -0.456. The van der Waals surface area contributed by atoms with Gasteiger partial charge in [0.1, 0.15) is 6.61 Å². The molecular formula is C31H32ClNO4. The molecule has 0 radical (unpaired) electrons. The number of allylic oxidation sites excluding steroid dienone is 4. The maximum Gasteiger partial charge on any atom is 0.180 e. The van der Waals surface area contributed by atoms with Gasteiger partial charge in [-0.1, -0.05) is 54.6 Å². The molecule has 0 bridgehead atoms. The highest BCUT2D eigenvalue weighted by atomic mass is 35.5. The standard InChI is InChI=1S/C31H32ClNO4/c1-3-16-37-31-22(32)17-21(18-27(31)36-4-2)28-29-23(12-8-14-25(29)34)33(19-20-10-6-5-7-11-20)24-13-9-15-26(35)30(24)28/h3,5-7,10-11,17-18,28H,1,4,8-9,12-16,19H2,2H3. The molecular weight excluding hydrogens is 486 g/mol. The highest BCUT2D eigenvalue weighted by molar-refractivity contribution is 6.32. The number of carbonyl (C=O) groups is 2. The van der Waals surface area contributed by atoms with Gasteiger partial charge in [-0.25, -0.2) is 0 Å². The Hall–Kier alpha value is -3.31. The lowest BCUT2D eigenvalue weighted by Crippen LogP contribution is -2.38. The summed E-state index contributed by atoms with van der Waals surface area (Å²) < 4.78 is 11.7. The number of carbonyl (C=O) groups excluding carboxylic acids is 2. The molecule has 2 aromatic rings. The fraction of sp³-hybridized carbons (Fsp3) is 0.355. The summed E-state index contributed by atoms with van der Waals surface area (Å²) in [4.78, 5) is 29.4. The molecule has 0 saturated heterocycles. The minimum Gasteiger partial charge on any atom is -0.490 e. The summed E-state index contributed by atoms with van der Waals surface area (Å²) in [5.74, 6) is 0.713. The monoisotopic (exact) mass is 517 g/mol. The molecule has 0 saturated carbocycles. The third-order valence-electron chi connectivity index (χ3n) is 7.28. The fourth-order valence-corrected chi connectivity index (χ4v) is 6.08. The first-order valence-electron chi connectivity index (χ1n) is 13.1. The number of nitrogens with zero attached hydrogens (tertiary/aromatic N) is 1. The van der Waals surface area contributed by atoms with Crippen LogP contribution >= 0.6 is 11.6 Å². The van der Waals surface area contributed by atoms with Crippen molar-refractivity contribution in [3.63, 3.8) is 0 Å². The third-order valence-corrected chi connectivity index (χ3v) is 7.56. The van der Waals surface area contributed by atoms with Gasteiger partial charge in [-0.3, -0.25) is 9.59 Å². The van der Waals surface area contributed by atoms with Gasteiger partial charge in [0.25, 0.3) is 0 Å². The molecule has 0 spiro atoms. The van der Waals surface area contributed by atoms with Crippen LogP contribution in [0.1, 0.15) is 62.5 Å². The van der Waals surface area contributed by atoms with Crippen LogP contribution in [0.5, 0.6) is 11.5 Å². The van der Waals surface area contributed by atoms with Crippen LogP contribution in [0.15, 0.2) is 77.7 Å². The summed E-state index contributed by atoms with van der Waals surface area (Å²) in [6, 6.07) is 14.0. The van der Waals surface area contributed by atoms with Gasteiger partial charge < -0.3 is 14.4 Å². The molecule has 2 aromatic carbocycles. The zero-order valence-electron chi connectivity index (χ0n) is 21.2. The smallest absolute Gasteiger partial charge is 0.180 e. The summed E-state index contributed by atoms with van der Waals surface area (Å²) in [5, 5.41) is 0.394. The highest BCUT2D eigenvalue weighted by Gasteiger charge is 2.43. The number of Topliss-reactive ketones (excluding diaryl/α,β-unsaturated/α-hetero) is 2. The van der Waals surface area contributed by atoms with E-state index in [1.807, 2.05) is 37.3 Å². The van der Waals surface area contributed by atoms with E-state index in [1.165, 1.54) is 0 Å². The second kappa shape index (κ2) is 11.0.